The van der Waals surface area contributed by atoms with E-state index in [9.17, 15) is 14.4 Å². The molecular formula is C43H73NO5. The van der Waals surface area contributed by atoms with E-state index in [0.717, 1.165) is 83.5 Å². The Balaban J connectivity index is 4.30. The lowest BCUT2D eigenvalue weighted by molar-refractivity contribution is -0.147. The van der Waals surface area contributed by atoms with Gasteiger partial charge in [0.25, 0.3) is 0 Å². The number of hydrogen-bond acceptors (Lipinski definition) is 4. The number of carboxylic acid groups (broad SMARTS) is 1. The quantitative estimate of drug-likeness (QED) is 0.0394. The van der Waals surface area contributed by atoms with Crippen LogP contribution < -0.4 is 5.32 Å². The van der Waals surface area contributed by atoms with Crippen molar-refractivity contribution in [1.82, 2.24) is 5.32 Å². The molecule has 0 saturated carbocycles. The van der Waals surface area contributed by atoms with E-state index >= 15 is 0 Å². The van der Waals surface area contributed by atoms with Gasteiger partial charge in [0, 0.05) is 12.8 Å². The van der Waals surface area contributed by atoms with Crippen molar-refractivity contribution in [2.75, 3.05) is 6.54 Å². The summed E-state index contributed by atoms with van der Waals surface area (Å²) in [5.74, 6) is -1.34. The molecule has 6 nitrogen and oxygen atoms in total. The van der Waals surface area contributed by atoms with Crippen molar-refractivity contribution in [3.05, 3.63) is 60.8 Å². The van der Waals surface area contributed by atoms with Crippen molar-refractivity contribution in [2.45, 2.75) is 187 Å². The number of carboxylic acids is 1. The zero-order chi connectivity index (χ0) is 35.9. The van der Waals surface area contributed by atoms with Crippen molar-refractivity contribution >= 4 is 17.8 Å². The number of esters is 1. The van der Waals surface area contributed by atoms with Gasteiger partial charge in [-0.2, -0.15) is 0 Å². The van der Waals surface area contributed by atoms with Gasteiger partial charge in [-0.05, 0) is 83.1 Å². The Morgan fingerprint density at radius 2 is 1.06 bits per heavy atom. The highest BCUT2D eigenvalue weighted by Crippen LogP contribution is 2.15. The average Bonchev–Trinajstić information content (AvgIpc) is 3.08. The van der Waals surface area contributed by atoms with Crippen LogP contribution in [-0.2, 0) is 19.1 Å². The third-order valence-corrected chi connectivity index (χ3v) is 8.41. The fourth-order valence-electron chi connectivity index (χ4n) is 5.48. The minimum absolute atomic E-state index is 0.104. The fraction of sp³-hybridized carbons (Fsp3) is 0.698. The highest BCUT2D eigenvalue weighted by molar-refractivity contribution is 5.80. The van der Waals surface area contributed by atoms with Gasteiger partial charge in [0.2, 0.25) is 5.91 Å². The second kappa shape index (κ2) is 37.9. The Bertz CT molecular complexity index is 933. The summed E-state index contributed by atoms with van der Waals surface area (Å²) in [6, 6.07) is 0. The molecule has 0 heterocycles. The van der Waals surface area contributed by atoms with E-state index in [-0.39, 0.29) is 24.5 Å². The molecule has 0 radical (unpaired) electrons. The Hall–Kier alpha value is -2.89. The molecule has 0 saturated heterocycles. The Kier molecular flexibility index (Phi) is 35.7. The Labute approximate surface area is 301 Å². The minimum atomic E-state index is -1.03. The van der Waals surface area contributed by atoms with Crippen molar-refractivity contribution in [2.24, 2.45) is 0 Å². The predicted molar refractivity (Wildman–Crippen MR) is 208 cm³/mol. The molecular weight excluding hydrogens is 610 g/mol. The van der Waals surface area contributed by atoms with Gasteiger partial charge < -0.3 is 15.2 Å². The molecule has 0 aromatic heterocycles. The monoisotopic (exact) mass is 684 g/mol. The van der Waals surface area contributed by atoms with Crippen molar-refractivity contribution in [3.63, 3.8) is 0 Å². The Morgan fingerprint density at radius 3 is 1.63 bits per heavy atom. The number of nitrogens with one attached hydrogen (secondary N) is 1. The summed E-state index contributed by atoms with van der Waals surface area (Å²) in [5.41, 5.74) is 0. The average molecular weight is 684 g/mol. The van der Waals surface area contributed by atoms with E-state index in [1.165, 1.54) is 70.6 Å². The van der Waals surface area contributed by atoms with Gasteiger partial charge in [-0.1, -0.05) is 146 Å². The van der Waals surface area contributed by atoms with Gasteiger partial charge in [-0.25, -0.2) is 0 Å². The third kappa shape index (κ3) is 37.8. The number of rotatable bonds is 35. The van der Waals surface area contributed by atoms with Gasteiger partial charge in [0.15, 0.2) is 0 Å². The number of hydrogen-bond donors (Lipinski definition) is 2. The number of amides is 1. The summed E-state index contributed by atoms with van der Waals surface area (Å²) < 4.78 is 5.89. The van der Waals surface area contributed by atoms with Crippen molar-refractivity contribution in [1.29, 1.82) is 0 Å². The minimum Gasteiger partial charge on any atom is -0.480 e. The third-order valence-electron chi connectivity index (χ3n) is 8.41. The smallest absolute Gasteiger partial charge is 0.322 e. The molecule has 0 aliphatic heterocycles. The fourth-order valence-corrected chi connectivity index (χ4v) is 5.48. The summed E-state index contributed by atoms with van der Waals surface area (Å²) in [4.78, 5) is 34.9. The molecule has 2 N–H and O–H groups in total. The molecule has 1 unspecified atom stereocenters. The van der Waals surface area contributed by atoms with Crippen LogP contribution >= 0.6 is 0 Å². The maximum Gasteiger partial charge on any atom is 0.322 e. The van der Waals surface area contributed by atoms with Crippen molar-refractivity contribution < 1.29 is 24.2 Å². The van der Waals surface area contributed by atoms with E-state index in [0.29, 0.717) is 12.8 Å². The summed E-state index contributed by atoms with van der Waals surface area (Å²) in [5, 5.41) is 11.1. The summed E-state index contributed by atoms with van der Waals surface area (Å²) in [6.45, 7) is 4.08. The summed E-state index contributed by atoms with van der Waals surface area (Å²) in [6.07, 6.45) is 49.3. The Morgan fingerprint density at radius 1 is 0.571 bits per heavy atom. The molecule has 1 atom stereocenters. The van der Waals surface area contributed by atoms with E-state index in [2.05, 4.69) is 73.8 Å². The summed E-state index contributed by atoms with van der Waals surface area (Å²) >= 11 is 0. The van der Waals surface area contributed by atoms with Gasteiger partial charge in [-0.15, -0.1) is 0 Å². The first-order chi connectivity index (χ1) is 24.0. The lowest BCUT2D eigenvalue weighted by Crippen LogP contribution is -2.28. The predicted octanol–water partition coefficient (Wildman–Crippen LogP) is 12.1. The molecule has 0 spiro atoms. The number of unbranched alkanes of at least 4 members (excludes halogenated alkanes) is 16. The zero-order valence-corrected chi connectivity index (χ0v) is 31.5. The lowest BCUT2D eigenvalue weighted by atomic mass is 10.1. The van der Waals surface area contributed by atoms with E-state index in [1.54, 1.807) is 0 Å². The van der Waals surface area contributed by atoms with E-state index in [1.807, 2.05) is 6.08 Å². The van der Waals surface area contributed by atoms with Crippen LogP contribution in [0.5, 0.6) is 0 Å². The van der Waals surface area contributed by atoms with Crippen LogP contribution in [0.3, 0.4) is 0 Å². The van der Waals surface area contributed by atoms with Crippen LogP contribution in [0.15, 0.2) is 60.8 Å². The molecule has 0 rings (SSSR count). The number of allylic oxidation sites excluding steroid dienone is 9. The van der Waals surface area contributed by atoms with Gasteiger partial charge in [0.1, 0.15) is 12.6 Å². The zero-order valence-electron chi connectivity index (χ0n) is 31.5. The topological polar surface area (TPSA) is 92.7 Å². The SMILES string of the molecule is CC/C=C\C/C=C\C/C=C\C/C=C\C(CCCCCCCC(=O)NCC(=O)O)OC(=O)CCCCCCC/C=C\CCCCCCCCC. The van der Waals surface area contributed by atoms with Crippen LogP contribution in [0.1, 0.15) is 181 Å². The molecule has 0 bridgehead atoms. The standard InChI is InChI=1S/C43H73NO5/c1-3-5-7-9-11-13-15-16-17-18-19-21-23-25-30-34-38-43(48)49-40(35-31-27-24-22-20-14-12-10-8-6-4-2)36-32-28-26-29-33-37-41(45)44-39-42(46)47/h6,8,12,14,17-18,22,24,31,35,40H,3-5,7,9-11,13,15-16,19-21,23,25-30,32-34,36-39H2,1-2H3,(H,44,45)(H,46,47)/b8-6-,14-12-,18-17-,24-22-,35-31-. The van der Waals surface area contributed by atoms with Crippen molar-refractivity contribution in [3.8, 4) is 0 Å². The molecule has 280 valence electrons. The van der Waals surface area contributed by atoms with Crippen LogP contribution in [0, 0.1) is 0 Å². The van der Waals surface area contributed by atoms with Crippen LogP contribution in [-0.4, -0.2) is 35.6 Å². The highest BCUT2D eigenvalue weighted by atomic mass is 16.5. The summed E-state index contributed by atoms with van der Waals surface area (Å²) in [7, 11) is 0. The first-order valence-corrected chi connectivity index (χ1v) is 19.9. The molecule has 0 aliphatic carbocycles. The highest BCUT2D eigenvalue weighted by Gasteiger charge is 2.11. The first-order valence-electron chi connectivity index (χ1n) is 19.9. The lowest BCUT2D eigenvalue weighted by Gasteiger charge is -2.14. The van der Waals surface area contributed by atoms with Gasteiger partial charge >= 0.3 is 11.9 Å². The number of carbonyl (C=O) groups excluding carboxylic acids is 2. The molecule has 6 heteroatoms. The number of carbonyl (C=O) groups is 3. The molecule has 1 amide bonds. The molecule has 49 heavy (non-hydrogen) atoms. The molecule has 0 aromatic carbocycles. The number of aliphatic carboxylic acids is 1. The van der Waals surface area contributed by atoms with Crippen LogP contribution in [0.2, 0.25) is 0 Å². The molecule has 0 fully saturated rings. The molecule has 0 aromatic rings. The second-order valence-corrected chi connectivity index (χ2v) is 13.2. The van der Waals surface area contributed by atoms with E-state index < -0.39 is 5.97 Å². The van der Waals surface area contributed by atoms with Crippen LogP contribution in [0.25, 0.3) is 0 Å². The first kappa shape index (κ1) is 46.1. The maximum atomic E-state index is 12.7. The normalized spacial score (nSPS) is 12.7. The largest absolute Gasteiger partial charge is 0.480 e. The van der Waals surface area contributed by atoms with E-state index in [4.69, 9.17) is 9.84 Å². The van der Waals surface area contributed by atoms with Gasteiger partial charge in [-0.3, -0.25) is 14.4 Å². The second-order valence-electron chi connectivity index (χ2n) is 13.2. The molecule has 0 aliphatic rings. The van der Waals surface area contributed by atoms with Crippen LogP contribution in [0.4, 0.5) is 0 Å². The maximum absolute atomic E-state index is 12.7. The van der Waals surface area contributed by atoms with Gasteiger partial charge in [0.05, 0.1) is 0 Å². The number of ether oxygens (including phenoxy) is 1.